The summed E-state index contributed by atoms with van der Waals surface area (Å²) in [4.78, 5) is 0. The van der Waals surface area contributed by atoms with Crippen molar-refractivity contribution < 1.29 is 75.7 Å². The van der Waals surface area contributed by atoms with Gasteiger partial charge in [-0.2, -0.15) is 52.7 Å². The first-order chi connectivity index (χ1) is 14.3. The van der Waals surface area contributed by atoms with E-state index in [4.69, 9.17) is 5.11 Å². The van der Waals surface area contributed by atoms with Crippen molar-refractivity contribution in [3.05, 3.63) is 0 Å². The largest absolute Gasteiger partial charge is 0.431 e. The highest BCUT2D eigenvalue weighted by Gasteiger charge is 2.75. The van der Waals surface area contributed by atoms with Gasteiger partial charge in [-0.1, -0.05) is 0 Å². The molecule has 0 aromatic rings. The first-order valence-corrected chi connectivity index (χ1v) is 10.3. The van der Waals surface area contributed by atoms with Crippen molar-refractivity contribution >= 4 is 10.8 Å². The van der Waals surface area contributed by atoms with Crippen LogP contribution in [0.25, 0.3) is 0 Å². The minimum atomic E-state index is -6.83. The van der Waals surface area contributed by atoms with Gasteiger partial charge in [-0.05, 0) is 18.8 Å². The normalized spacial score (nSPS) is 15.9. The van der Waals surface area contributed by atoms with E-state index < -0.39 is 97.3 Å². The lowest BCUT2D eigenvalue weighted by Crippen LogP contribution is -2.57. The maximum Gasteiger partial charge on any atom is 0.431 e. The molecule has 0 amide bonds. The van der Waals surface area contributed by atoms with Gasteiger partial charge in [0, 0.05) is 19.4 Å². The van der Waals surface area contributed by atoms with Gasteiger partial charge in [-0.3, -0.25) is 9.11 Å². The van der Waals surface area contributed by atoms with E-state index >= 15 is 0 Å². The first-order valence-electron chi connectivity index (χ1n) is 8.61. The molecule has 202 valence electrons. The van der Waals surface area contributed by atoms with Crippen LogP contribution in [0.5, 0.6) is 0 Å². The molecule has 0 saturated carbocycles. The second-order valence-electron chi connectivity index (χ2n) is 7.00. The lowest BCUT2D eigenvalue weighted by Gasteiger charge is -2.38. The van der Waals surface area contributed by atoms with E-state index in [1.807, 2.05) is 4.72 Å². The fraction of sp³-hybridized carbons (Fsp3) is 1.00. The van der Waals surface area contributed by atoms with Gasteiger partial charge in [-0.15, -0.1) is 10.8 Å². The molecule has 0 aromatic heterocycles. The van der Waals surface area contributed by atoms with Crippen molar-refractivity contribution in [3.63, 3.8) is 0 Å². The van der Waals surface area contributed by atoms with Crippen LogP contribution in [-0.4, -0.2) is 69.2 Å². The molecule has 0 rings (SSSR count). The third-order valence-electron chi connectivity index (χ3n) is 4.42. The summed E-state index contributed by atoms with van der Waals surface area (Å²) in [5.41, 5.74) is -12.6. The number of hydrogen-bond donors (Lipinski definition) is 4. The first kappa shape index (κ1) is 32.2. The zero-order valence-electron chi connectivity index (χ0n) is 16.1. The predicted octanol–water partition coefficient (Wildman–Crippen LogP) is 6.08. The zero-order chi connectivity index (χ0) is 26.7. The van der Waals surface area contributed by atoms with Crippen LogP contribution in [0.1, 0.15) is 25.7 Å². The second-order valence-corrected chi connectivity index (χ2v) is 9.03. The summed E-state index contributed by atoms with van der Waals surface area (Å²) >= 11 is 0. The SMILES string of the molecule is OCCNS(O)(O)CCCC(CC(F)(C(F)(F)F)C(F)(F)F)CC(F)(C(F)(F)F)C(F)(F)F. The van der Waals surface area contributed by atoms with Gasteiger partial charge in [0.2, 0.25) is 0 Å². The Morgan fingerprint density at radius 3 is 1.24 bits per heavy atom. The number of halogens is 14. The predicted molar refractivity (Wildman–Crippen MR) is 86.7 cm³/mol. The summed E-state index contributed by atoms with van der Waals surface area (Å²) in [5, 5.41) is 8.52. The van der Waals surface area contributed by atoms with Crippen LogP contribution in [-0.2, 0) is 0 Å². The minimum absolute atomic E-state index is 0.503. The van der Waals surface area contributed by atoms with Crippen molar-refractivity contribution in [1.29, 1.82) is 0 Å². The van der Waals surface area contributed by atoms with E-state index in [2.05, 4.69) is 0 Å². The summed E-state index contributed by atoms with van der Waals surface area (Å²) in [6.07, 6.45) is -35.9. The molecule has 0 unspecified atom stereocenters. The highest BCUT2D eigenvalue weighted by atomic mass is 32.3. The van der Waals surface area contributed by atoms with Crippen LogP contribution in [0.4, 0.5) is 61.5 Å². The highest BCUT2D eigenvalue weighted by Crippen LogP contribution is 2.55. The van der Waals surface area contributed by atoms with Crippen LogP contribution in [0.2, 0.25) is 0 Å². The number of nitrogens with one attached hydrogen (secondary N) is 1. The molecule has 0 aromatic carbocycles. The van der Waals surface area contributed by atoms with Crippen LogP contribution in [0, 0.1) is 5.92 Å². The van der Waals surface area contributed by atoms with Gasteiger partial charge in [0.25, 0.3) is 11.3 Å². The maximum atomic E-state index is 14.0. The van der Waals surface area contributed by atoms with E-state index in [0.29, 0.717) is 0 Å². The van der Waals surface area contributed by atoms with Crippen molar-refractivity contribution in [3.8, 4) is 0 Å². The number of rotatable bonds is 11. The monoisotopic (exact) mass is 547 g/mol. The van der Waals surface area contributed by atoms with Crippen LogP contribution >= 0.6 is 10.8 Å². The molecule has 0 atom stereocenters. The van der Waals surface area contributed by atoms with Crippen LogP contribution in [0.15, 0.2) is 0 Å². The summed E-state index contributed by atoms with van der Waals surface area (Å²) in [5.74, 6) is -4.18. The third kappa shape index (κ3) is 8.14. The zero-order valence-corrected chi connectivity index (χ0v) is 16.9. The third-order valence-corrected chi connectivity index (χ3v) is 5.95. The Balaban J connectivity index is 6.10. The summed E-state index contributed by atoms with van der Waals surface area (Å²) < 4.78 is 202. The molecule has 0 aliphatic carbocycles. The van der Waals surface area contributed by atoms with Gasteiger partial charge in [0.15, 0.2) is 0 Å². The molecule has 0 spiro atoms. The van der Waals surface area contributed by atoms with Gasteiger partial charge in [-0.25, -0.2) is 13.5 Å². The fourth-order valence-electron chi connectivity index (χ4n) is 2.71. The number of alkyl halides is 14. The Morgan fingerprint density at radius 2 is 0.970 bits per heavy atom. The molecule has 4 N–H and O–H groups in total. The molecular formula is C14H19F14NO3S. The summed E-state index contributed by atoms with van der Waals surface area (Å²) in [6.45, 7) is -1.20. The van der Waals surface area contributed by atoms with Crippen molar-refractivity contribution in [2.75, 3.05) is 18.9 Å². The number of hydrogen-bond acceptors (Lipinski definition) is 4. The van der Waals surface area contributed by atoms with E-state index in [0.717, 1.165) is 0 Å². The molecule has 0 aliphatic heterocycles. The molecule has 33 heavy (non-hydrogen) atoms. The van der Waals surface area contributed by atoms with E-state index in [1.165, 1.54) is 0 Å². The molecule has 0 radical (unpaired) electrons. The lowest BCUT2D eigenvalue weighted by molar-refractivity contribution is -0.356. The Morgan fingerprint density at radius 1 is 0.636 bits per heavy atom. The van der Waals surface area contributed by atoms with Gasteiger partial charge >= 0.3 is 24.7 Å². The lowest BCUT2D eigenvalue weighted by atomic mass is 9.80. The van der Waals surface area contributed by atoms with Crippen molar-refractivity contribution in [2.45, 2.75) is 61.7 Å². The smallest absolute Gasteiger partial charge is 0.395 e. The average molecular weight is 547 g/mol. The highest BCUT2D eigenvalue weighted by molar-refractivity contribution is 8.22. The molecule has 0 heterocycles. The van der Waals surface area contributed by atoms with E-state index in [-0.39, 0.29) is 0 Å². The Bertz CT molecular complexity index is 548. The maximum absolute atomic E-state index is 14.0. The van der Waals surface area contributed by atoms with Crippen LogP contribution in [0.3, 0.4) is 0 Å². The van der Waals surface area contributed by atoms with E-state index in [1.54, 1.807) is 0 Å². The molecule has 0 bridgehead atoms. The topological polar surface area (TPSA) is 72.7 Å². The number of aliphatic hydroxyl groups is 1. The molecule has 19 heteroatoms. The number of aliphatic hydroxyl groups excluding tert-OH is 1. The summed E-state index contributed by atoms with van der Waals surface area (Å²) in [7, 11) is -3.93. The van der Waals surface area contributed by atoms with E-state index in [9.17, 15) is 70.6 Å². The van der Waals surface area contributed by atoms with Gasteiger partial charge in [0.1, 0.15) is 0 Å². The standard InChI is InChI=1S/C14H19F14NO3S/c15-9(11(17,18)19,12(20,21)22)6-8(2-1-5-33(31,32)29-3-4-30)7-10(16,13(23,24)25)14(26,27)28/h8,29-32H,1-7H2. The minimum Gasteiger partial charge on any atom is -0.395 e. The Hall–Kier alpha value is -0.790. The van der Waals surface area contributed by atoms with Gasteiger partial charge < -0.3 is 5.11 Å². The van der Waals surface area contributed by atoms with Crippen molar-refractivity contribution in [1.82, 2.24) is 4.72 Å². The Labute approximate surface area is 178 Å². The summed E-state index contributed by atoms with van der Waals surface area (Å²) in [6, 6.07) is 0. The van der Waals surface area contributed by atoms with Crippen LogP contribution < -0.4 is 4.72 Å². The Kier molecular flexibility index (Phi) is 10.2. The molecule has 0 fully saturated rings. The average Bonchev–Trinajstić information content (AvgIpc) is 2.55. The fourth-order valence-corrected chi connectivity index (χ4v) is 3.84. The van der Waals surface area contributed by atoms with Crippen molar-refractivity contribution in [2.24, 2.45) is 5.92 Å². The van der Waals surface area contributed by atoms with Gasteiger partial charge in [0.05, 0.1) is 12.4 Å². The molecular weight excluding hydrogens is 528 g/mol. The molecule has 4 nitrogen and oxygen atoms in total. The molecule has 0 saturated heterocycles. The second kappa shape index (κ2) is 10.4. The quantitative estimate of drug-likeness (QED) is 0.237. The molecule has 0 aliphatic rings.